The number of nitrogens with zero attached hydrogens (tertiary/aromatic N) is 1. The number of amides is 1. The van der Waals surface area contributed by atoms with Crippen molar-refractivity contribution in [2.75, 3.05) is 0 Å². The van der Waals surface area contributed by atoms with Crippen LogP contribution in [-0.4, -0.2) is 22.9 Å². The van der Waals surface area contributed by atoms with Gasteiger partial charge in [0.25, 0.3) is 0 Å². The molecule has 0 spiro atoms. The molecule has 0 bridgehead atoms. The van der Waals surface area contributed by atoms with E-state index in [0.717, 1.165) is 25.8 Å². The molecule has 4 heteroatoms. The summed E-state index contributed by atoms with van der Waals surface area (Å²) in [6.45, 7) is 0.782. The Bertz CT molecular complexity index is 427. The topological polar surface area (TPSA) is 46.3 Å². The maximum atomic E-state index is 12.8. The predicted octanol–water partition coefficient (Wildman–Crippen LogP) is 2.76. The van der Waals surface area contributed by atoms with Crippen LogP contribution in [0.25, 0.3) is 0 Å². The van der Waals surface area contributed by atoms with Gasteiger partial charge in [-0.3, -0.25) is 4.79 Å². The highest BCUT2D eigenvalue weighted by atomic mass is 32.1. The van der Waals surface area contributed by atoms with E-state index in [0.29, 0.717) is 11.9 Å². The molecule has 2 atom stereocenters. The van der Waals surface area contributed by atoms with Gasteiger partial charge >= 0.3 is 0 Å². The van der Waals surface area contributed by atoms with Crippen molar-refractivity contribution in [3.63, 3.8) is 0 Å². The van der Waals surface area contributed by atoms with Crippen LogP contribution >= 0.6 is 11.3 Å². The third-order valence-corrected chi connectivity index (χ3v) is 5.17. The number of thiophene rings is 1. The van der Waals surface area contributed by atoms with Crippen LogP contribution < -0.4 is 5.73 Å². The average molecular weight is 278 g/mol. The molecular weight excluding hydrogens is 256 g/mol. The maximum Gasteiger partial charge on any atom is 0.227 e. The predicted molar refractivity (Wildman–Crippen MR) is 77.8 cm³/mol. The summed E-state index contributed by atoms with van der Waals surface area (Å²) < 4.78 is 0. The second kappa shape index (κ2) is 5.63. The molecule has 19 heavy (non-hydrogen) atoms. The van der Waals surface area contributed by atoms with E-state index in [1.54, 1.807) is 11.3 Å². The van der Waals surface area contributed by atoms with Crippen molar-refractivity contribution in [3.8, 4) is 0 Å². The average Bonchev–Trinajstić information content (AvgIpc) is 3.13. The van der Waals surface area contributed by atoms with E-state index < -0.39 is 0 Å². The minimum atomic E-state index is 0.0642. The molecule has 2 aliphatic carbocycles. The van der Waals surface area contributed by atoms with Gasteiger partial charge in [0, 0.05) is 17.0 Å². The lowest BCUT2D eigenvalue weighted by Gasteiger charge is -2.33. The first kappa shape index (κ1) is 13.1. The molecule has 3 rings (SSSR count). The Morgan fingerprint density at radius 2 is 2.11 bits per heavy atom. The Kier molecular flexibility index (Phi) is 3.89. The fourth-order valence-electron chi connectivity index (χ4n) is 3.02. The van der Waals surface area contributed by atoms with Crippen LogP contribution in [0.5, 0.6) is 0 Å². The molecule has 104 valence electrons. The normalized spacial score (nSPS) is 27.2. The van der Waals surface area contributed by atoms with E-state index in [1.807, 2.05) is 0 Å². The second-order valence-electron chi connectivity index (χ2n) is 5.83. The number of hydrogen-bond acceptors (Lipinski definition) is 3. The fourth-order valence-corrected chi connectivity index (χ4v) is 3.73. The standard InChI is InChI=1S/C15H22N2OS/c16-14-6-2-1-5-13(14)15(18)17(11-7-8-11)10-12-4-3-9-19-12/h3-4,9,11,13-14H,1-2,5-8,10,16H2. The Balaban J connectivity index is 1.70. The summed E-state index contributed by atoms with van der Waals surface area (Å²) in [6, 6.07) is 4.73. The molecular formula is C15H22N2OS. The molecule has 2 unspecified atom stereocenters. The van der Waals surface area contributed by atoms with E-state index in [4.69, 9.17) is 5.73 Å². The molecule has 0 aliphatic heterocycles. The highest BCUT2D eigenvalue weighted by Crippen LogP contribution is 2.33. The van der Waals surface area contributed by atoms with Crippen molar-refractivity contribution in [1.82, 2.24) is 4.90 Å². The van der Waals surface area contributed by atoms with Gasteiger partial charge in [-0.25, -0.2) is 0 Å². The minimum absolute atomic E-state index is 0.0642. The first-order valence-corrected chi connectivity index (χ1v) is 8.22. The number of carbonyl (C=O) groups is 1. The van der Waals surface area contributed by atoms with Gasteiger partial charge in [-0.1, -0.05) is 18.9 Å². The molecule has 1 heterocycles. The van der Waals surface area contributed by atoms with Crippen LogP contribution in [0, 0.1) is 5.92 Å². The molecule has 2 aliphatic rings. The quantitative estimate of drug-likeness (QED) is 0.920. The molecule has 1 aromatic rings. The van der Waals surface area contributed by atoms with E-state index >= 15 is 0 Å². The number of rotatable bonds is 4. The van der Waals surface area contributed by atoms with Crippen LogP contribution in [0.2, 0.25) is 0 Å². The van der Waals surface area contributed by atoms with Crippen LogP contribution in [0.4, 0.5) is 0 Å². The van der Waals surface area contributed by atoms with Crippen molar-refractivity contribution in [3.05, 3.63) is 22.4 Å². The van der Waals surface area contributed by atoms with Gasteiger partial charge in [0.1, 0.15) is 0 Å². The Morgan fingerprint density at radius 3 is 2.74 bits per heavy atom. The zero-order chi connectivity index (χ0) is 13.2. The lowest BCUT2D eigenvalue weighted by atomic mass is 9.84. The summed E-state index contributed by atoms with van der Waals surface area (Å²) in [5.74, 6) is 0.373. The van der Waals surface area contributed by atoms with E-state index in [-0.39, 0.29) is 12.0 Å². The van der Waals surface area contributed by atoms with Crippen molar-refractivity contribution in [2.24, 2.45) is 11.7 Å². The zero-order valence-electron chi connectivity index (χ0n) is 11.3. The second-order valence-corrected chi connectivity index (χ2v) is 6.86. The van der Waals surface area contributed by atoms with Crippen LogP contribution in [0.1, 0.15) is 43.4 Å². The third kappa shape index (κ3) is 3.00. The largest absolute Gasteiger partial charge is 0.334 e. The van der Waals surface area contributed by atoms with E-state index in [9.17, 15) is 4.79 Å². The van der Waals surface area contributed by atoms with Gasteiger partial charge < -0.3 is 10.6 Å². The first-order valence-electron chi connectivity index (χ1n) is 7.34. The molecule has 2 fully saturated rings. The summed E-state index contributed by atoms with van der Waals surface area (Å²) >= 11 is 1.74. The molecule has 0 aromatic carbocycles. The van der Waals surface area contributed by atoms with Gasteiger partial charge in [-0.05, 0) is 37.1 Å². The summed E-state index contributed by atoms with van der Waals surface area (Å²) in [5.41, 5.74) is 6.17. The van der Waals surface area contributed by atoms with Gasteiger partial charge in [0.05, 0.1) is 12.5 Å². The summed E-state index contributed by atoms with van der Waals surface area (Å²) in [7, 11) is 0. The van der Waals surface area contributed by atoms with E-state index in [2.05, 4.69) is 22.4 Å². The highest BCUT2D eigenvalue weighted by molar-refractivity contribution is 7.09. The Hall–Kier alpha value is -0.870. The molecule has 2 saturated carbocycles. The van der Waals surface area contributed by atoms with Gasteiger partial charge in [0.15, 0.2) is 0 Å². The van der Waals surface area contributed by atoms with Crippen LogP contribution in [0.3, 0.4) is 0 Å². The third-order valence-electron chi connectivity index (χ3n) is 4.31. The Morgan fingerprint density at radius 1 is 1.32 bits per heavy atom. The van der Waals surface area contributed by atoms with Gasteiger partial charge in [-0.2, -0.15) is 0 Å². The Labute approximate surface area is 118 Å². The SMILES string of the molecule is NC1CCCCC1C(=O)N(Cc1cccs1)C1CC1. The van der Waals surface area contributed by atoms with Crippen molar-refractivity contribution < 1.29 is 4.79 Å². The number of carbonyl (C=O) groups excluding carboxylic acids is 1. The molecule has 2 N–H and O–H groups in total. The summed E-state index contributed by atoms with van der Waals surface area (Å²) in [6.07, 6.45) is 6.65. The first-order chi connectivity index (χ1) is 9.25. The smallest absolute Gasteiger partial charge is 0.227 e. The molecule has 1 aromatic heterocycles. The molecule has 0 radical (unpaired) electrons. The van der Waals surface area contributed by atoms with Crippen LogP contribution in [-0.2, 0) is 11.3 Å². The van der Waals surface area contributed by atoms with Gasteiger partial charge in [0.2, 0.25) is 5.91 Å². The summed E-state index contributed by atoms with van der Waals surface area (Å²) in [4.78, 5) is 16.1. The van der Waals surface area contributed by atoms with Crippen LogP contribution in [0.15, 0.2) is 17.5 Å². The highest BCUT2D eigenvalue weighted by Gasteiger charge is 2.38. The van der Waals surface area contributed by atoms with Gasteiger partial charge in [-0.15, -0.1) is 11.3 Å². The molecule has 1 amide bonds. The van der Waals surface area contributed by atoms with E-state index in [1.165, 1.54) is 24.1 Å². The summed E-state index contributed by atoms with van der Waals surface area (Å²) in [5, 5.41) is 2.08. The van der Waals surface area contributed by atoms with Crippen molar-refractivity contribution in [1.29, 1.82) is 0 Å². The number of nitrogens with two attached hydrogens (primary N) is 1. The fraction of sp³-hybridized carbons (Fsp3) is 0.667. The van der Waals surface area contributed by atoms with Crippen molar-refractivity contribution in [2.45, 2.75) is 57.2 Å². The number of hydrogen-bond donors (Lipinski definition) is 1. The monoisotopic (exact) mass is 278 g/mol. The zero-order valence-corrected chi connectivity index (χ0v) is 12.1. The minimum Gasteiger partial charge on any atom is -0.334 e. The lowest BCUT2D eigenvalue weighted by Crippen LogP contribution is -2.46. The van der Waals surface area contributed by atoms with Crippen molar-refractivity contribution >= 4 is 17.2 Å². The maximum absolute atomic E-state index is 12.8. The molecule has 0 saturated heterocycles. The lowest BCUT2D eigenvalue weighted by molar-refractivity contribution is -0.138. The molecule has 3 nitrogen and oxygen atoms in total.